The molecule has 2 aromatic carbocycles. The Morgan fingerprint density at radius 2 is 1.88 bits per heavy atom. The van der Waals surface area contributed by atoms with Crippen LogP contribution in [0.25, 0.3) is 11.3 Å². The Morgan fingerprint density at radius 3 is 2.64 bits per heavy atom. The zero-order chi connectivity index (χ0) is 16.9. The van der Waals surface area contributed by atoms with Crippen LogP contribution in [0.3, 0.4) is 0 Å². The predicted octanol–water partition coefficient (Wildman–Crippen LogP) is 5.46. The molecule has 0 aliphatic rings. The van der Waals surface area contributed by atoms with Gasteiger partial charge < -0.3 is 14.5 Å². The number of nitrogens with one attached hydrogen (secondary N) is 1. The van der Waals surface area contributed by atoms with Crippen molar-refractivity contribution in [2.75, 3.05) is 7.11 Å². The summed E-state index contributed by atoms with van der Waals surface area (Å²) in [6.07, 6.45) is 0. The number of methoxy groups -OCH3 is 1. The van der Waals surface area contributed by atoms with Gasteiger partial charge in [-0.15, -0.1) is 12.4 Å². The third kappa shape index (κ3) is 4.75. The second-order valence-corrected chi connectivity index (χ2v) is 5.72. The van der Waals surface area contributed by atoms with Crippen molar-refractivity contribution in [3.05, 3.63) is 76.8 Å². The van der Waals surface area contributed by atoms with Gasteiger partial charge in [0.15, 0.2) is 0 Å². The molecule has 1 heterocycles. The van der Waals surface area contributed by atoms with Crippen molar-refractivity contribution in [2.45, 2.75) is 13.1 Å². The van der Waals surface area contributed by atoms with Crippen molar-refractivity contribution in [1.29, 1.82) is 0 Å². The fourth-order valence-corrected chi connectivity index (χ4v) is 2.63. The Morgan fingerprint density at radius 1 is 1.08 bits per heavy atom. The van der Waals surface area contributed by atoms with Crippen LogP contribution in [-0.4, -0.2) is 7.11 Å². The van der Waals surface area contributed by atoms with Gasteiger partial charge in [0.25, 0.3) is 0 Å². The van der Waals surface area contributed by atoms with E-state index in [1.54, 1.807) is 19.2 Å². The van der Waals surface area contributed by atoms with E-state index in [1.165, 1.54) is 6.07 Å². The van der Waals surface area contributed by atoms with Crippen molar-refractivity contribution in [2.24, 2.45) is 0 Å². The molecule has 3 nitrogen and oxygen atoms in total. The van der Waals surface area contributed by atoms with Gasteiger partial charge in [0, 0.05) is 17.7 Å². The van der Waals surface area contributed by atoms with Gasteiger partial charge >= 0.3 is 0 Å². The maximum atomic E-state index is 13.2. The second-order valence-electron chi connectivity index (χ2n) is 5.31. The maximum absolute atomic E-state index is 13.2. The lowest BCUT2D eigenvalue weighted by Crippen LogP contribution is -2.12. The summed E-state index contributed by atoms with van der Waals surface area (Å²) in [5.74, 6) is 1.86. The molecule has 0 aliphatic heterocycles. The van der Waals surface area contributed by atoms with E-state index < -0.39 is 5.82 Å². The normalized spacial score (nSPS) is 10.4. The van der Waals surface area contributed by atoms with Gasteiger partial charge in [-0.3, -0.25) is 0 Å². The highest BCUT2D eigenvalue weighted by Gasteiger charge is 2.08. The molecule has 0 radical (unpaired) electrons. The number of furan rings is 1. The van der Waals surface area contributed by atoms with Crippen LogP contribution in [0.5, 0.6) is 5.75 Å². The second kappa shape index (κ2) is 8.90. The lowest BCUT2D eigenvalue weighted by Gasteiger charge is -2.08. The van der Waals surface area contributed by atoms with Crippen molar-refractivity contribution in [1.82, 2.24) is 5.32 Å². The summed E-state index contributed by atoms with van der Waals surface area (Å²) in [7, 11) is 1.66. The molecule has 1 N–H and O–H groups in total. The number of hydrogen-bond donors (Lipinski definition) is 1. The maximum Gasteiger partial charge on any atom is 0.141 e. The van der Waals surface area contributed by atoms with Gasteiger partial charge in [0.1, 0.15) is 23.1 Å². The summed E-state index contributed by atoms with van der Waals surface area (Å²) in [6.45, 7) is 1.25. The largest absolute Gasteiger partial charge is 0.496 e. The van der Waals surface area contributed by atoms with Crippen molar-refractivity contribution < 1.29 is 13.5 Å². The average molecular weight is 382 g/mol. The van der Waals surface area contributed by atoms with Gasteiger partial charge in [0.2, 0.25) is 0 Å². The van der Waals surface area contributed by atoms with Crippen molar-refractivity contribution in [3.8, 4) is 17.1 Å². The topological polar surface area (TPSA) is 34.4 Å². The van der Waals surface area contributed by atoms with Crippen molar-refractivity contribution in [3.63, 3.8) is 0 Å². The third-order valence-corrected chi connectivity index (χ3v) is 3.96. The van der Waals surface area contributed by atoms with Gasteiger partial charge in [0.05, 0.1) is 18.7 Å². The van der Waals surface area contributed by atoms with Crippen molar-refractivity contribution >= 4 is 24.0 Å². The van der Waals surface area contributed by atoms with Gasteiger partial charge in [-0.1, -0.05) is 29.8 Å². The van der Waals surface area contributed by atoms with E-state index in [1.807, 2.05) is 36.4 Å². The Kier molecular flexibility index (Phi) is 6.88. The van der Waals surface area contributed by atoms with E-state index >= 15 is 0 Å². The molecule has 6 heteroatoms. The minimum absolute atomic E-state index is 0. The lowest BCUT2D eigenvalue weighted by molar-refractivity contribution is 0.406. The number of rotatable bonds is 6. The quantitative estimate of drug-likeness (QED) is 0.615. The SMILES string of the molecule is COc1ccccc1CNCc1ccc(-c2ccc(F)c(Cl)c2)o1.Cl. The number of halogens is 3. The molecule has 0 saturated heterocycles. The highest BCUT2D eigenvalue weighted by atomic mass is 35.5. The molecule has 25 heavy (non-hydrogen) atoms. The molecule has 0 atom stereocenters. The smallest absolute Gasteiger partial charge is 0.141 e. The first-order valence-corrected chi connectivity index (χ1v) is 7.92. The van der Waals surface area contributed by atoms with Gasteiger partial charge in [-0.25, -0.2) is 4.39 Å². The van der Waals surface area contributed by atoms with Crippen LogP contribution in [0, 0.1) is 5.82 Å². The van der Waals surface area contributed by atoms with E-state index in [4.69, 9.17) is 20.8 Å². The summed E-state index contributed by atoms with van der Waals surface area (Å²) >= 11 is 5.81. The third-order valence-electron chi connectivity index (χ3n) is 3.67. The number of ether oxygens (including phenoxy) is 1. The zero-order valence-electron chi connectivity index (χ0n) is 13.6. The molecule has 0 fully saturated rings. The van der Waals surface area contributed by atoms with E-state index in [0.717, 1.165) is 22.6 Å². The summed E-state index contributed by atoms with van der Waals surface area (Å²) in [5, 5.41) is 3.40. The molecule has 1 aromatic heterocycles. The molecule has 132 valence electrons. The summed E-state index contributed by atoms with van der Waals surface area (Å²) in [6, 6.07) is 16.1. The molecular formula is C19H18Cl2FNO2. The molecule has 3 aromatic rings. The van der Waals surface area contributed by atoms with Crippen LogP contribution < -0.4 is 10.1 Å². The molecule has 0 unspecified atom stereocenters. The molecule has 0 amide bonds. The fraction of sp³-hybridized carbons (Fsp3) is 0.158. The van der Waals surface area contributed by atoms with Crippen LogP contribution >= 0.6 is 24.0 Å². The minimum atomic E-state index is -0.439. The van der Waals surface area contributed by atoms with E-state index in [9.17, 15) is 4.39 Å². The molecule has 0 bridgehead atoms. The Bertz CT molecular complexity index is 836. The number of hydrogen-bond acceptors (Lipinski definition) is 3. The summed E-state index contributed by atoms with van der Waals surface area (Å²) < 4.78 is 24.3. The van der Waals surface area contributed by atoms with Gasteiger partial charge in [-0.05, 0) is 36.4 Å². The summed E-state index contributed by atoms with van der Waals surface area (Å²) in [5.41, 5.74) is 1.83. The molecule has 0 saturated carbocycles. The van der Waals surface area contributed by atoms with E-state index in [0.29, 0.717) is 18.8 Å². The summed E-state index contributed by atoms with van der Waals surface area (Å²) in [4.78, 5) is 0. The zero-order valence-corrected chi connectivity index (χ0v) is 15.2. The molecule has 3 rings (SSSR count). The molecule has 0 aliphatic carbocycles. The van der Waals surface area contributed by atoms with E-state index in [-0.39, 0.29) is 17.4 Å². The van der Waals surface area contributed by atoms with Crippen LogP contribution in [0.15, 0.2) is 59.0 Å². The highest BCUT2D eigenvalue weighted by molar-refractivity contribution is 6.31. The van der Waals surface area contributed by atoms with E-state index in [2.05, 4.69) is 5.32 Å². The van der Waals surface area contributed by atoms with Crippen LogP contribution in [0.4, 0.5) is 4.39 Å². The first kappa shape index (κ1) is 19.3. The predicted molar refractivity (Wildman–Crippen MR) is 99.9 cm³/mol. The van der Waals surface area contributed by atoms with Crippen LogP contribution in [0.2, 0.25) is 5.02 Å². The Hall–Kier alpha value is -2.01. The monoisotopic (exact) mass is 381 g/mol. The first-order chi connectivity index (χ1) is 11.7. The lowest BCUT2D eigenvalue weighted by atomic mass is 10.2. The fourth-order valence-electron chi connectivity index (χ4n) is 2.45. The highest BCUT2D eigenvalue weighted by Crippen LogP contribution is 2.26. The Labute approximate surface area is 157 Å². The minimum Gasteiger partial charge on any atom is -0.496 e. The number of benzene rings is 2. The number of para-hydroxylation sites is 1. The van der Waals surface area contributed by atoms with Crippen LogP contribution in [-0.2, 0) is 13.1 Å². The molecular weight excluding hydrogens is 364 g/mol. The Balaban J connectivity index is 0.00000225. The van der Waals surface area contributed by atoms with Gasteiger partial charge in [-0.2, -0.15) is 0 Å². The molecule has 0 spiro atoms. The average Bonchev–Trinajstić information content (AvgIpc) is 3.06. The first-order valence-electron chi connectivity index (χ1n) is 7.54. The standard InChI is InChI=1S/C19H17ClFNO2.ClH/c1-23-18-5-3-2-4-14(18)11-22-12-15-7-9-19(24-15)13-6-8-17(21)16(20)10-13;/h2-10,22H,11-12H2,1H3;1H. The van der Waals surface area contributed by atoms with Crippen LogP contribution in [0.1, 0.15) is 11.3 Å².